The lowest BCUT2D eigenvalue weighted by molar-refractivity contribution is -0.119. The van der Waals surface area contributed by atoms with E-state index in [1.807, 2.05) is 4.90 Å². The van der Waals surface area contributed by atoms with Crippen LogP contribution in [0.4, 0.5) is 20.6 Å². The van der Waals surface area contributed by atoms with E-state index < -0.39 is 14.2 Å². The van der Waals surface area contributed by atoms with Crippen molar-refractivity contribution in [3.05, 3.63) is 24.0 Å². The number of carbonyl (C=O) groups is 2. The fourth-order valence-corrected chi connectivity index (χ4v) is 5.11. The lowest BCUT2D eigenvalue weighted by atomic mass is 10.1. The number of Topliss-reactive ketones (excluding diaryl/α,β-unsaturated/α-hetero) is 1. The van der Waals surface area contributed by atoms with E-state index in [2.05, 4.69) is 19.6 Å². The Morgan fingerprint density at radius 2 is 1.93 bits per heavy atom. The highest BCUT2D eigenvalue weighted by atomic mass is 28.3. The minimum atomic E-state index is -1.12. The van der Waals surface area contributed by atoms with Crippen LogP contribution >= 0.6 is 0 Å². The SMILES string of the molecule is C[Si](C)(C)CCCC(=O)CC[C@H]1CN(c2ccc(N3CCOCC3)c(F)c2)C(=O)O1. The van der Waals surface area contributed by atoms with Crippen LogP contribution in [0.5, 0.6) is 0 Å². The van der Waals surface area contributed by atoms with Crippen LogP contribution in [0.3, 0.4) is 0 Å². The van der Waals surface area contributed by atoms with Crippen LogP contribution in [0.25, 0.3) is 0 Å². The first-order valence-electron chi connectivity index (χ1n) is 10.8. The van der Waals surface area contributed by atoms with Crippen molar-refractivity contribution >= 4 is 31.3 Å². The molecule has 1 atom stereocenters. The van der Waals surface area contributed by atoms with Gasteiger partial charge in [0.2, 0.25) is 0 Å². The fourth-order valence-electron chi connectivity index (χ4n) is 3.87. The molecule has 0 aromatic heterocycles. The Kier molecular flexibility index (Phi) is 7.52. The first-order chi connectivity index (χ1) is 14.2. The maximum absolute atomic E-state index is 14.7. The van der Waals surface area contributed by atoms with Crippen LogP contribution < -0.4 is 9.80 Å². The highest BCUT2D eigenvalue weighted by Crippen LogP contribution is 2.29. The lowest BCUT2D eigenvalue weighted by Gasteiger charge is -2.29. The van der Waals surface area contributed by atoms with Crippen molar-refractivity contribution in [2.75, 3.05) is 42.6 Å². The van der Waals surface area contributed by atoms with Crippen molar-refractivity contribution < 1.29 is 23.5 Å². The van der Waals surface area contributed by atoms with Gasteiger partial charge in [0, 0.05) is 34.0 Å². The molecule has 1 amide bonds. The molecular formula is C22H33FN2O4Si. The number of ether oxygens (including phenoxy) is 2. The van der Waals surface area contributed by atoms with E-state index in [-0.39, 0.29) is 17.7 Å². The molecule has 8 heteroatoms. The summed E-state index contributed by atoms with van der Waals surface area (Å²) in [5, 5.41) is 0. The van der Waals surface area contributed by atoms with Crippen molar-refractivity contribution in [2.24, 2.45) is 0 Å². The average Bonchev–Trinajstić information content (AvgIpc) is 3.06. The number of morpholine rings is 1. The Hall–Kier alpha value is -1.93. The molecule has 0 unspecified atom stereocenters. The van der Waals surface area contributed by atoms with Gasteiger partial charge in [0.05, 0.1) is 31.1 Å². The molecule has 30 heavy (non-hydrogen) atoms. The summed E-state index contributed by atoms with van der Waals surface area (Å²) in [6.07, 6.45) is 1.66. The smallest absolute Gasteiger partial charge is 0.414 e. The van der Waals surface area contributed by atoms with E-state index in [4.69, 9.17) is 9.47 Å². The number of carbonyl (C=O) groups excluding carboxylic acids is 2. The third-order valence-corrected chi connectivity index (χ3v) is 7.45. The van der Waals surface area contributed by atoms with Gasteiger partial charge in [-0.1, -0.05) is 25.7 Å². The third kappa shape index (κ3) is 6.28. The molecule has 0 N–H and O–H groups in total. The summed E-state index contributed by atoms with van der Waals surface area (Å²) in [6, 6.07) is 5.99. The second kappa shape index (κ2) is 9.92. The zero-order valence-electron chi connectivity index (χ0n) is 18.3. The standard InChI is InChI=1S/C22H33FN2O4Si/c1-30(2,3)14-4-5-18(26)7-8-19-16-25(22(27)29-19)17-6-9-21(20(23)15-17)24-10-12-28-13-11-24/h6,9,15,19H,4-5,7-8,10-14,16H2,1-3H3/t19-/m0/s1. The largest absolute Gasteiger partial charge is 0.444 e. The summed E-state index contributed by atoms with van der Waals surface area (Å²) in [7, 11) is -1.12. The fraction of sp³-hybridized carbons (Fsp3) is 0.636. The first kappa shape index (κ1) is 22.7. The van der Waals surface area contributed by atoms with E-state index >= 15 is 0 Å². The van der Waals surface area contributed by atoms with Gasteiger partial charge in [-0.25, -0.2) is 9.18 Å². The van der Waals surface area contributed by atoms with Crippen molar-refractivity contribution in [2.45, 2.75) is 57.5 Å². The van der Waals surface area contributed by atoms with E-state index in [0.29, 0.717) is 63.5 Å². The maximum Gasteiger partial charge on any atom is 0.414 e. The first-order valence-corrected chi connectivity index (χ1v) is 14.6. The number of nitrogens with zero attached hydrogens (tertiary/aromatic N) is 2. The quantitative estimate of drug-likeness (QED) is 0.535. The number of hydrogen-bond donors (Lipinski definition) is 0. The van der Waals surface area contributed by atoms with Gasteiger partial charge in [-0.15, -0.1) is 0 Å². The molecule has 2 aliphatic heterocycles. The molecule has 3 rings (SSSR count). The Bertz CT molecular complexity index is 762. The van der Waals surface area contributed by atoms with Crippen LogP contribution in [-0.2, 0) is 14.3 Å². The summed E-state index contributed by atoms with van der Waals surface area (Å²) < 4.78 is 25.4. The van der Waals surface area contributed by atoms with Crippen LogP contribution in [0.2, 0.25) is 25.7 Å². The van der Waals surface area contributed by atoms with Gasteiger partial charge in [0.15, 0.2) is 0 Å². The number of anilines is 2. The summed E-state index contributed by atoms with van der Waals surface area (Å²) >= 11 is 0. The Balaban J connectivity index is 1.50. The van der Waals surface area contributed by atoms with Crippen molar-refractivity contribution in [1.29, 1.82) is 0 Å². The zero-order valence-corrected chi connectivity index (χ0v) is 19.3. The number of hydrogen-bond acceptors (Lipinski definition) is 5. The normalized spacial score (nSPS) is 19.9. The Morgan fingerprint density at radius 3 is 2.60 bits per heavy atom. The predicted octanol–water partition coefficient (Wildman–Crippen LogP) is 4.46. The molecule has 2 saturated heterocycles. The number of rotatable bonds is 9. The van der Waals surface area contributed by atoms with Gasteiger partial charge in [-0.05, 0) is 31.0 Å². The van der Waals surface area contributed by atoms with Crippen LogP contribution in [0.15, 0.2) is 18.2 Å². The van der Waals surface area contributed by atoms with E-state index in [9.17, 15) is 14.0 Å². The molecule has 0 saturated carbocycles. The lowest BCUT2D eigenvalue weighted by Crippen LogP contribution is -2.36. The molecule has 2 fully saturated rings. The Morgan fingerprint density at radius 1 is 1.20 bits per heavy atom. The van der Waals surface area contributed by atoms with E-state index in [1.54, 1.807) is 12.1 Å². The van der Waals surface area contributed by atoms with Gasteiger partial charge in [-0.3, -0.25) is 9.69 Å². The summed E-state index contributed by atoms with van der Waals surface area (Å²) in [4.78, 5) is 27.8. The van der Waals surface area contributed by atoms with E-state index in [0.717, 1.165) is 12.5 Å². The molecule has 2 aliphatic rings. The highest BCUT2D eigenvalue weighted by molar-refractivity contribution is 6.76. The van der Waals surface area contributed by atoms with Crippen molar-refractivity contribution in [3.63, 3.8) is 0 Å². The van der Waals surface area contributed by atoms with Gasteiger partial charge in [0.1, 0.15) is 17.7 Å². The predicted molar refractivity (Wildman–Crippen MR) is 119 cm³/mol. The molecular weight excluding hydrogens is 403 g/mol. The van der Waals surface area contributed by atoms with Crippen LogP contribution in [0, 0.1) is 5.82 Å². The molecule has 0 radical (unpaired) electrons. The molecule has 6 nitrogen and oxygen atoms in total. The molecule has 0 bridgehead atoms. The van der Waals surface area contributed by atoms with E-state index in [1.165, 1.54) is 11.0 Å². The third-order valence-electron chi connectivity index (χ3n) is 5.60. The number of cyclic esters (lactones) is 1. The summed E-state index contributed by atoms with van der Waals surface area (Å²) in [5.74, 6) is -0.133. The molecule has 166 valence electrons. The molecule has 1 aromatic rings. The van der Waals surface area contributed by atoms with Crippen molar-refractivity contribution in [3.8, 4) is 0 Å². The topological polar surface area (TPSA) is 59.1 Å². The highest BCUT2D eigenvalue weighted by Gasteiger charge is 2.33. The van der Waals surface area contributed by atoms with Gasteiger partial charge in [0.25, 0.3) is 0 Å². The summed E-state index contributed by atoms with van der Waals surface area (Å²) in [5.41, 5.74) is 1.01. The summed E-state index contributed by atoms with van der Waals surface area (Å²) in [6.45, 7) is 9.72. The Labute approximate surface area is 179 Å². The minimum absolute atomic E-state index is 0.226. The monoisotopic (exact) mass is 436 g/mol. The van der Waals surface area contributed by atoms with Crippen LogP contribution in [-0.4, -0.2) is 58.9 Å². The van der Waals surface area contributed by atoms with Gasteiger partial charge >= 0.3 is 6.09 Å². The second-order valence-electron chi connectivity index (χ2n) is 9.34. The number of halogens is 1. The number of ketones is 1. The van der Waals surface area contributed by atoms with Crippen LogP contribution in [0.1, 0.15) is 25.7 Å². The van der Waals surface area contributed by atoms with Crippen molar-refractivity contribution in [1.82, 2.24) is 0 Å². The zero-order chi connectivity index (χ0) is 21.7. The average molecular weight is 437 g/mol. The number of amides is 1. The van der Waals surface area contributed by atoms with Gasteiger partial charge in [-0.2, -0.15) is 0 Å². The maximum atomic E-state index is 14.7. The van der Waals surface area contributed by atoms with Gasteiger partial charge < -0.3 is 14.4 Å². The molecule has 1 aromatic carbocycles. The molecule has 0 aliphatic carbocycles. The number of benzene rings is 1. The molecule has 0 spiro atoms. The molecule has 2 heterocycles. The second-order valence-corrected chi connectivity index (χ2v) is 15.0. The minimum Gasteiger partial charge on any atom is -0.444 e.